The lowest BCUT2D eigenvalue weighted by molar-refractivity contribution is 0.325. The van der Waals surface area contributed by atoms with Gasteiger partial charge in [0.1, 0.15) is 5.82 Å². The Balaban J connectivity index is 2.35. The summed E-state index contributed by atoms with van der Waals surface area (Å²) in [5.74, 6) is 0.786. The van der Waals surface area contributed by atoms with Crippen molar-refractivity contribution in [1.29, 1.82) is 0 Å². The zero-order chi connectivity index (χ0) is 13.3. The first kappa shape index (κ1) is 12.7. The van der Waals surface area contributed by atoms with E-state index in [0.29, 0.717) is 11.7 Å². The Morgan fingerprint density at radius 3 is 2.67 bits per heavy atom. The molecule has 0 unspecified atom stereocenters. The molecule has 0 amide bonds. The van der Waals surface area contributed by atoms with Gasteiger partial charge < -0.3 is 10.3 Å². The zero-order valence-corrected chi connectivity index (χ0v) is 10.6. The topological polar surface area (TPSA) is 64.9 Å². The first-order valence-electron chi connectivity index (χ1n) is 5.84. The number of halogens is 1. The summed E-state index contributed by atoms with van der Waals surface area (Å²) in [6.45, 7) is 5.77. The van der Waals surface area contributed by atoms with Crippen LogP contribution in [0.2, 0.25) is 0 Å². The predicted octanol–water partition coefficient (Wildman–Crippen LogP) is 2.84. The normalized spacial score (nSPS) is 13.0. The van der Waals surface area contributed by atoms with E-state index in [2.05, 4.69) is 10.1 Å². The van der Waals surface area contributed by atoms with Crippen molar-refractivity contribution in [3.05, 3.63) is 35.5 Å². The van der Waals surface area contributed by atoms with Crippen LogP contribution < -0.4 is 5.73 Å². The van der Waals surface area contributed by atoms with Gasteiger partial charge in [-0.1, -0.05) is 19.0 Å². The van der Waals surface area contributed by atoms with Gasteiger partial charge in [0, 0.05) is 5.56 Å². The van der Waals surface area contributed by atoms with Gasteiger partial charge in [0.15, 0.2) is 0 Å². The highest BCUT2D eigenvalue weighted by Gasteiger charge is 2.19. The van der Waals surface area contributed by atoms with Crippen LogP contribution >= 0.6 is 0 Å². The van der Waals surface area contributed by atoms with Crippen molar-refractivity contribution in [2.24, 2.45) is 11.7 Å². The summed E-state index contributed by atoms with van der Waals surface area (Å²) in [6, 6.07) is 4.17. The van der Waals surface area contributed by atoms with Crippen LogP contribution in [0.25, 0.3) is 11.4 Å². The molecule has 96 valence electrons. The molecule has 4 nitrogen and oxygen atoms in total. The van der Waals surface area contributed by atoms with Crippen LogP contribution in [0, 0.1) is 18.7 Å². The van der Waals surface area contributed by atoms with Crippen LogP contribution in [0.15, 0.2) is 22.7 Å². The third kappa shape index (κ3) is 2.41. The molecule has 1 aromatic heterocycles. The molecule has 0 saturated carbocycles. The van der Waals surface area contributed by atoms with E-state index in [-0.39, 0.29) is 17.8 Å². The highest BCUT2D eigenvalue weighted by molar-refractivity contribution is 5.59. The fraction of sp³-hybridized carbons (Fsp3) is 0.385. The van der Waals surface area contributed by atoms with Crippen LogP contribution in [0.3, 0.4) is 0 Å². The van der Waals surface area contributed by atoms with E-state index in [4.69, 9.17) is 10.3 Å². The summed E-state index contributed by atoms with van der Waals surface area (Å²) < 4.78 is 18.2. The molecule has 18 heavy (non-hydrogen) atoms. The van der Waals surface area contributed by atoms with Crippen LogP contribution in [-0.4, -0.2) is 10.1 Å². The first-order chi connectivity index (χ1) is 8.49. The zero-order valence-electron chi connectivity index (χ0n) is 10.6. The van der Waals surface area contributed by atoms with Gasteiger partial charge in [-0.2, -0.15) is 4.98 Å². The van der Waals surface area contributed by atoms with Gasteiger partial charge in [-0.25, -0.2) is 4.39 Å². The summed E-state index contributed by atoms with van der Waals surface area (Å²) in [5, 5.41) is 3.89. The Bertz CT molecular complexity index is 551. The largest absolute Gasteiger partial charge is 0.337 e. The van der Waals surface area contributed by atoms with Crippen LogP contribution in [0.1, 0.15) is 31.3 Å². The maximum Gasteiger partial charge on any atom is 0.244 e. The number of nitrogens with two attached hydrogens (primary N) is 1. The van der Waals surface area contributed by atoms with Crippen molar-refractivity contribution in [2.75, 3.05) is 0 Å². The molecule has 0 fully saturated rings. The first-order valence-corrected chi connectivity index (χ1v) is 5.84. The molecule has 0 saturated heterocycles. The lowest BCUT2D eigenvalue weighted by Crippen LogP contribution is -2.16. The molecule has 2 N–H and O–H groups in total. The number of rotatable bonds is 3. The van der Waals surface area contributed by atoms with Crippen molar-refractivity contribution >= 4 is 0 Å². The minimum absolute atomic E-state index is 0.215. The summed E-state index contributed by atoms with van der Waals surface area (Å²) in [5.41, 5.74) is 7.45. The summed E-state index contributed by atoms with van der Waals surface area (Å²) >= 11 is 0. The van der Waals surface area contributed by atoms with E-state index in [1.807, 2.05) is 13.8 Å². The minimum Gasteiger partial charge on any atom is -0.337 e. The molecule has 0 aliphatic carbocycles. The van der Waals surface area contributed by atoms with E-state index < -0.39 is 0 Å². The van der Waals surface area contributed by atoms with Crippen molar-refractivity contribution in [3.63, 3.8) is 0 Å². The minimum atomic E-state index is -0.285. The third-order valence-electron chi connectivity index (χ3n) is 2.87. The molecule has 0 radical (unpaired) electrons. The summed E-state index contributed by atoms with van der Waals surface area (Å²) in [4.78, 5) is 4.27. The van der Waals surface area contributed by atoms with Gasteiger partial charge in [0.05, 0.1) is 6.04 Å². The Morgan fingerprint density at radius 2 is 2.06 bits per heavy atom. The Labute approximate surface area is 105 Å². The molecular formula is C13H16FN3O. The SMILES string of the molecule is Cc1cc(F)ccc1-c1noc([C@@H](N)C(C)C)n1. The second-order valence-electron chi connectivity index (χ2n) is 4.69. The van der Waals surface area contributed by atoms with Crippen molar-refractivity contribution in [2.45, 2.75) is 26.8 Å². The van der Waals surface area contributed by atoms with Gasteiger partial charge in [0.25, 0.3) is 0 Å². The second kappa shape index (κ2) is 4.86. The maximum absolute atomic E-state index is 13.0. The maximum atomic E-state index is 13.0. The van der Waals surface area contributed by atoms with Gasteiger partial charge >= 0.3 is 0 Å². The molecule has 1 heterocycles. The average Bonchev–Trinajstić information content (AvgIpc) is 2.77. The molecule has 5 heteroatoms. The van der Waals surface area contributed by atoms with Crippen LogP contribution in [0.5, 0.6) is 0 Å². The van der Waals surface area contributed by atoms with Crippen molar-refractivity contribution < 1.29 is 8.91 Å². The fourth-order valence-corrected chi connectivity index (χ4v) is 1.64. The Hall–Kier alpha value is -1.75. The van der Waals surface area contributed by atoms with E-state index >= 15 is 0 Å². The monoisotopic (exact) mass is 249 g/mol. The molecule has 1 atom stereocenters. The van der Waals surface area contributed by atoms with Gasteiger partial charge in [-0.3, -0.25) is 0 Å². The number of hydrogen-bond donors (Lipinski definition) is 1. The smallest absolute Gasteiger partial charge is 0.244 e. The van der Waals surface area contributed by atoms with Gasteiger partial charge in [-0.15, -0.1) is 0 Å². The summed E-state index contributed by atoms with van der Waals surface area (Å²) in [7, 11) is 0. The molecule has 0 aliphatic heterocycles. The Morgan fingerprint density at radius 1 is 1.33 bits per heavy atom. The molecule has 1 aromatic carbocycles. The lowest BCUT2D eigenvalue weighted by atomic mass is 10.1. The third-order valence-corrected chi connectivity index (χ3v) is 2.87. The number of aromatic nitrogens is 2. The summed E-state index contributed by atoms with van der Waals surface area (Å²) in [6.07, 6.45) is 0. The van der Waals surface area contributed by atoms with Crippen LogP contribution in [-0.2, 0) is 0 Å². The number of hydrogen-bond acceptors (Lipinski definition) is 4. The van der Waals surface area contributed by atoms with Crippen molar-refractivity contribution in [1.82, 2.24) is 10.1 Å². The highest BCUT2D eigenvalue weighted by atomic mass is 19.1. The predicted molar refractivity (Wildman–Crippen MR) is 66.2 cm³/mol. The Kier molecular flexibility index (Phi) is 3.43. The van der Waals surface area contributed by atoms with E-state index in [1.54, 1.807) is 13.0 Å². The van der Waals surface area contributed by atoms with Crippen LogP contribution in [0.4, 0.5) is 4.39 Å². The fourth-order valence-electron chi connectivity index (χ4n) is 1.64. The number of aryl methyl sites for hydroxylation is 1. The molecular weight excluding hydrogens is 233 g/mol. The molecule has 0 spiro atoms. The molecule has 2 rings (SSSR count). The van der Waals surface area contributed by atoms with E-state index in [9.17, 15) is 4.39 Å². The molecule has 0 aliphatic rings. The highest BCUT2D eigenvalue weighted by Crippen LogP contribution is 2.24. The second-order valence-corrected chi connectivity index (χ2v) is 4.69. The standard InChI is InChI=1S/C13H16FN3O/c1-7(2)11(15)13-16-12(17-18-13)10-5-4-9(14)6-8(10)3/h4-7,11H,15H2,1-3H3/t11-/m0/s1. The number of nitrogens with zero attached hydrogens (tertiary/aromatic N) is 2. The number of benzene rings is 1. The lowest BCUT2D eigenvalue weighted by Gasteiger charge is -2.09. The molecule has 2 aromatic rings. The molecule has 0 bridgehead atoms. The van der Waals surface area contributed by atoms with Gasteiger partial charge in [0.2, 0.25) is 11.7 Å². The quantitative estimate of drug-likeness (QED) is 0.908. The average molecular weight is 249 g/mol. The van der Waals surface area contributed by atoms with Gasteiger partial charge in [-0.05, 0) is 36.6 Å². The van der Waals surface area contributed by atoms with Crippen molar-refractivity contribution in [3.8, 4) is 11.4 Å². The van der Waals surface area contributed by atoms with E-state index in [1.165, 1.54) is 12.1 Å². The van der Waals surface area contributed by atoms with E-state index in [0.717, 1.165) is 11.1 Å².